The predicted molar refractivity (Wildman–Crippen MR) is 95.1 cm³/mol. The van der Waals surface area contributed by atoms with E-state index in [-0.39, 0.29) is 18.0 Å². The summed E-state index contributed by atoms with van der Waals surface area (Å²) in [5.41, 5.74) is 1.67. The van der Waals surface area contributed by atoms with E-state index < -0.39 is 5.82 Å². The average molecular weight is 355 g/mol. The average Bonchev–Trinajstić information content (AvgIpc) is 3.11. The number of ether oxygens (including phenoxy) is 1. The third-order valence-electron chi connectivity index (χ3n) is 4.69. The van der Waals surface area contributed by atoms with Crippen molar-refractivity contribution >= 4 is 28.4 Å². The lowest BCUT2D eigenvalue weighted by molar-refractivity contribution is -0.0488. The summed E-state index contributed by atoms with van der Waals surface area (Å²) in [5.74, 6) is 0.183. The van der Waals surface area contributed by atoms with Crippen LogP contribution in [-0.2, 0) is 4.74 Å². The fourth-order valence-corrected chi connectivity index (χ4v) is 3.47. The maximum absolute atomic E-state index is 14.2. The van der Waals surface area contributed by atoms with Crippen molar-refractivity contribution in [2.45, 2.75) is 12.2 Å². The zero-order valence-corrected chi connectivity index (χ0v) is 13.9. The van der Waals surface area contributed by atoms with Gasteiger partial charge in [0.15, 0.2) is 11.6 Å². The SMILES string of the molecule is Fc1cnc(N2CC3CNCC(C2)O3)nc1Nc1ccc2[nH]ncc2c1. The van der Waals surface area contributed by atoms with Crippen LogP contribution in [0.3, 0.4) is 0 Å². The van der Waals surface area contributed by atoms with Crippen molar-refractivity contribution in [3.05, 3.63) is 36.4 Å². The summed E-state index contributed by atoms with van der Waals surface area (Å²) in [6.45, 7) is 3.00. The van der Waals surface area contributed by atoms with Gasteiger partial charge in [0.1, 0.15) is 0 Å². The molecule has 2 aliphatic rings. The number of benzene rings is 1. The molecule has 9 heteroatoms. The van der Waals surface area contributed by atoms with Crippen LogP contribution in [0.5, 0.6) is 0 Å². The van der Waals surface area contributed by atoms with E-state index in [1.54, 1.807) is 6.20 Å². The van der Waals surface area contributed by atoms with Gasteiger partial charge in [-0.25, -0.2) is 9.37 Å². The Hall–Kier alpha value is -2.78. The first-order chi connectivity index (χ1) is 12.7. The van der Waals surface area contributed by atoms with Crippen LogP contribution in [-0.4, -0.2) is 58.6 Å². The second-order valence-corrected chi connectivity index (χ2v) is 6.61. The second kappa shape index (κ2) is 6.19. The minimum absolute atomic E-state index is 0.107. The molecule has 0 aliphatic carbocycles. The van der Waals surface area contributed by atoms with Crippen molar-refractivity contribution in [1.29, 1.82) is 0 Å². The molecule has 0 spiro atoms. The molecule has 2 aromatic heterocycles. The van der Waals surface area contributed by atoms with Crippen molar-refractivity contribution in [3.63, 3.8) is 0 Å². The molecule has 1 aromatic carbocycles. The Balaban J connectivity index is 1.41. The minimum atomic E-state index is -0.490. The predicted octanol–water partition coefficient (Wildman–Crippen LogP) is 1.41. The third kappa shape index (κ3) is 2.85. The Kier molecular flexibility index (Phi) is 3.68. The van der Waals surface area contributed by atoms with Gasteiger partial charge in [-0.15, -0.1) is 0 Å². The monoisotopic (exact) mass is 355 g/mol. The highest BCUT2D eigenvalue weighted by atomic mass is 19.1. The van der Waals surface area contributed by atoms with Crippen LogP contribution >= 0.6 is 0 Å². The molecule has 134 valence electrons. The highest BCUT2D eigenvalue weighted by molar-refractivity contribution is 5.82. The molecule has 8 nitrogen and oxygen atoms in total. The quantitative estimate of drug-likeness (QED) is 0.654. The lowest BCUT2D eigenvalue weighted by atomic mass is 10.1. The summed E-state index contributed by atoms with van der Waals surface area (Å²) in [5, 5.41) is 14.2. The summed E-state index contributed by atoms with van der Waals surface area (Å²) in [6.07, 6.45) is 3.15. The van der Waals surface area contributed by atoms with Gasteiger partial charge in [-0.3, -0.25) is 5.10 Å². The lowest BCUT2D eigenvalue weighted by Crippen LogP contribution is -2.58. The summed E-state index contributed by atoms with van der Waals surface area (Å²) < 4.78 is 20.1. The first-order valence-electron chi connectivity index (χ1n) is 8.58. The molecule has 2 saturated heterocycles. The Labute approximate surface area is 148 Å². The van der Waals surface area contributed by atoms with Gasteiger partial charge in [-0.05, 0) is 18.2 Å². The van der Waals surface area contributed by atoms with E-state index in [2.05, 4.69) is 35.7 Å². The number of aromatic nitrogens is 4. The largest absolute Gasteiger partial charge is 0.369 e. The van der Waals surface area contributed by atoms with Crippen LogP contribution in [0.15, 0.2) is 30.6 Å². The number of hydrogen-bond donors (Lipinski definition) is 3. The number of rotatable bonds is 3. The number of morpholine rings is 2. The van der Waals surface area contributed by atoms with E-state index >= 15 is 0 Å². The molecule has 4 heterocycles. The number of fused-ring (bicyclic) bond motifs is 3. The van der Waals surface area contributed by atoms with Crippen LogP contribution in [0.25, 0.3) is 10.9 Å². The number of nitrogens with zero attached hydrogens (tertiary/aromatic N) is 4. The third-order valence-corrected chi connectivity index (χ3v) is 4.69. The topological polar surface area (TPSA) is 91.0 Å². The van der Waals surface area contributed by atoms with Gasteiger partial charge < -0.3 is 20.3 Å². The summed E-state index contributed by atoms with van der Waals surface area (Å²) >= 11 is 0. The number of H-pyrrole nitrogens is 1. The van der Waals surface area contributed by atoms with E-state index in [9.17, 15) is 4.39 Å². The Morgan fingerprint density at radius 3 is 2.88 bits per heavy atom. The fraction of sp³-hybridized carbons (Fsp3) is 0.353. The number of anilines is 3. The first-order valence-corrected chi connectivity index (χ1v) is 8.58. The number of nitrogens with one attached hydrogen (secondary N) is 3. The van der Waals surface area contributed by atoms with E-state index in [1.165, 1.54) is 6.20 Å². The molecule has 0 saturated carbocycles. The van der Waals surface area contributed by atoms with E-state index in [0.717, 1.165) is 29.7 Å². The maximum atomic E-state index is 14.2. The summed E-state index contributed by atoms with van der Waals surface area (Å²) in [6, 6.07) is 5.64. The van der Waals surface area contributed by atoms with Gasteiger partial charge in [-0.2, -0.15) is 10.1 Å². The van der Waals surface area contributed by atoms with Crippen LogP contribution in [0.1, 0.15) is 0 Å². The van der Waals surface area contributed by atoms with Gasteiger partial charge in [0.25, 0.3) is 0 Å². The van der Waals surface area contributed by atoms with Crippen LogP contribution in [0.4, 0.5) is 21.8 Å². The molecule has 0 amide bonds. The van der Waals surface area contributed by atoms with Crippen molar-refractivity contribution in [2.75, 3.05) is 36.4 Å². The lowest BCUT2D eigenvalue weighted by Gasteiger charge is -2.41. The number of halogens is 1. The molecular weight excluding hydrogens is 337 g/mol. The zero-order chi connectivity index (χ0) is 17.5. The zero-order valence-electron chi connectivity index (χ0n) is 13.9. The molecule has 0 radical (unpaired) electrons. The molecule has 2 fully saturated rings. The Morgan fingerprint density at radius 2 is 2.04 bits per heavy atom. The van der Waals surface area contributed by atoms with Crippen molar-refractivity contribution in [3.8, 4) is 0 Å². The fourth-order valence-electron chi connectivity index (χ4n) is 3.47. The first kappa shape index (κ1) is 15.5. The van der Waals surface area contributed by atoms with E-state index in [0.29, 0.717) is 19.0 Å². The van der Waals surface area contributed by atoms with E-state index in [1.807, 2.05) is 18.2 Å². The normalized spacial score (nSPS) is 22.6. The van der Waals surface area contributed by atoms with E-state index in [4.69, 9.17) is 4.74 Å². The molecule has 26 heavy (non-hydrogen) atoms. The molecule has 2 atom stereocenters. The summed E-state index contributed by atoms with van der Waals surface area (Å²) in [4.78, 5) is 10.7. The molecule has 2 unspecified atom stereocenters. The van der Waals surface area contributed by atoms with Gasteiger partial charge in [-0.1, -0.05) is 0 Å². The van der Waals surface area contributed by atoms with Crippen molar-refractivity contribution in [1.82, 2.24) is 25.5 Å². The number of hydrogen-bond acceptors (Lipinski definition) is 7. The van der Waals surface area contributed by atoms with Crippen LogP contribution in [0, 0.1) is 5.82 Å². The Morgan fingerprint density at radius 1 is 1.19 bits per heavy atom. The van der Waals surface area contributed by atoms with Crippen LogP contribution in [0.2, 0.25) is 0 Å². The minimum Gasteiger partial charge on any atom is -0.369 e. The van der Waals surface area contributed by atoms with Gasteiger partial charge in [0.05, 0.1) is 30.1 Å². The smallest absolute Gasteiger partial charge is 0.227 e. The Bertz CT molecular complexity index is 934. The standard InChI is InChI=1S/C17H18FN7O/c18-14-7-20-17(25-8-12-5-19-6-13(9-25)26-12)23-16(14)22-11-1-2-15-10(3-11)4-21-24-15/h1-4,7,12-13,19H,5-6,8-9H2,(H,21,24)(H,20,22,23). The highest BCUT2D eigenvalue weighted by Crippen LogP contribution is 2.24. The summed E-state index contributed by atoms with van der Waals surface area (Å²) in [7, 11) is 0. The van der Waals surface area contributed by atoms with Gasteiger partial charge >= 0.3 is 0 Å². The molecule has 2 bridgehead atoms. The number of aromatic amines is 1. The van der Waals surface area contributed by atoms with Crippen molar-refractivity contribution in [2.24, 2.45) is 0 Å². The highest BCUT2D eigenvalue weighted by Gasteiger charge is 2.32. The van der Waals surface area contributed by atoms with Crippen molar-refractivity contribution < 1.29 is 9.13 Å². The molecule has 3 N–H and O–H groups in total. The van der Waals surface area contributed by atoms with Gasteiger partial charge in [0, 0.05) is 37.3 Å². The second-order valence-electron chi connectivity index (χ2n) is 6.61. The molecule has 3 aromatic rings. The molecule has 5 rings (SSSR count). The molecular formula is C17H18FN7O. The van der Waals surface area contributed by atoms with Crippen LogP contribution < -0.4 is 15.5 Å². The molecule has 2 aliphatic heterocycles. The van der Waals surface area contributed by atoms with Gasteiger partial charge in [0.2, 0.25) is 5.95 Å². The maximum Gasteiger partial charge on any atom is 0.227 e.